The van der Waals surface area contributed by atoms with Crippen molar-refractivity contribution < 1.29 is 4.39 Å². The first kappa shape index (κ1) is 11.5. The van der Waals surface area contributed by atoms with E-state index in [1.807, 2.05) is 0 Å². The van der Waals surface area contributed by atoms with Crippen molar-refractivity contribution in [1.82, 2.24) is 15.3 Å². The van der Waals surface area contributed by atoms with Crippen molar-refractivity contribution in [2.75, 3.05) is 7.05 Å². The molecule has 0 bridgehead atoms. The van der Waals surface area contributed by atoms with Gasteiger partial charge in [0.1, 0.15) is 11.6 Å². The van der Waals surface area contributed by atoms with Gasteiger partial charge >= 0.3 is 0 Å². The number of benzene rings is 1. The molecule has 2 rings (SSSR count). The Hall–Kier alpha value is -2.01. The minimum atomic E-state index is -0.329. The molecule has 2 aromatic rings. The van der Waals surface area contributed by atoms with Crippen LogP contribution in [0.3, 0.4) is 0 Å². The Morgan fingerprint density at radius 3 is 2.65 bits per heavy atom. The minimum Gasteiger partial charge on any atom is -0.313 e. The number of halogens is 1. The lowest BCUT2D eigenvalue weighted by atomic mass is 10.1. The van der Waals surface area contributed by atoms with Crippen molar-refractivity contribution in [2.45, 2.75) is 6.54 Å². The highest BCUT2D eigenvalue weighted by Gasteiger charge is 2.05. The van der Waals surface area contributed by atoms with E-state index >= 15 is 0 Å². The highest BCUT2D eigenvalue weighted by atomic mass is 19.1. The van der Waals surface area contributed by atoms with E-state index in [0.29, 0.717) is 23.5 Å². The molecule has 0 radical (unpaired) electrons. The van der Waals surface area contributed by atoms with E-state index in [4.69, 9.17) is 0 Å². The Bertz CT molecular complexity index is 563. The molecule has 0 saturated heterocycles. The molecule has 0 aliphatic carbocycles. The largest absolute Gasteiger partial charge is 0.313 e. The quantitative estimate of drug-likeness (QED) is 0.840. The van der Waals surface area contributed by atoms with Gasteiger partial charge in [-0.15, -0.1) is 0 Å². The summed E-state index contributed by atoms with van der Waals surface area (Å²) in [5, 5.41) is 2.90. The molecule has 1 aromatic carbocycles. The lowest BCUT2D eigenvalue weighted by Gasteiger charge is -2.02. The number of hydrogen-bond acceptors (Lipinski definition) is 3. The topological polar surface area (TPSA) is 57.8 Å². The summed E-state index contributed by atoms with van der Waals surface area (Å²) in [6.45, 7) is 0.499. The Labute approximate surface area is 97.5 Å². The summed E-state index contributed by atoms with van der Waals surface area (Å²) >= 11 is 0. The minimum absolute atomic E-state index is 0.225. The van der Waals surface area contributed by atoms with Crippen LogP contribution in [-0.2, 0) is 6.54 Å². The van der Waals surface area contributed by atoms with Crippen LogP contribution in [0.15, 0.2) is 35.3 Å². The van der Waals surface area contributed by atoms with Gasteiger partial charge in [0.25, 0.3) is 5.56 Å². The van der Waals surface area contributed by atoms with E-state index < -0.39 is 0 Å². The zero-order valence-corrected chi connectivity index (χ0v) is 9.33. The molecular formula is C12H12FN3O. The fourth-order valence-corrected chi connectivity index (χ4v) is 1.52. The third kappa shape index (κ3) is 2.57. The summed E-state index contributed by atoms with van der Waals surface area (Å²) in [5.74, 6) is 0.244. The summed E-state index contributed by atoms with van der Waals surface area (Å²) in [5.41, 5.74) is 0.859. The van der Waals surface area contributed by atoms with Crippen molar-refractivity contribution in [3.05, 3.63) is 52.5 Å². The third-order valence-electron chi connectivity index (χ3n) is 2.35. The summed E-state index contributed by atoms with van der Waals surface area (Å²) in [7, 11) is 1.77. The predicted molar refractivity (Wildman–Crippen MR) is 63.0 cm³/mol. The number of rotatable bonds is 3. The molecule has 2 N–H and O–H groups in total. The Morgan fingerprint density at radius 2 is 2.06 bits per heavy atom. The number of hydrogen-bond donors (Lipinski definition) is 2. The SMILES string of the molecule is CNCc1ncc(-c2ccc(F)cc2)c(=O)[nH]1. The van der Waals surface area contributed by atoms with Gasteiger partial charge in [0.05, 0.1) is 12.1 Å². The van der Waals surface area contributed by atoms with Gasteiger partial charge in [-0.25, -0.2) is 9.37 Å². The smallest absolute Gasteiger partial charge is 0.258 e. The first-order chi connectivity index (χ1) is 8.20. The van der Waals surface area contributed by atoms with E-state index in [9.17, 15) is 9.18 Å². The number of nitrogens with one attached hydrogen (secondary N) is 2. The normalized spacial score (nSPS) is 10.5. The summed E-state index contributed by atoms with van der Waals surface area (Å²) in [6, 6.07) is 5.74. The molecule has 5 heteroatoms. The summed E-state index contributed by atoms with van der Waals surface area (Å²) in [6.07, 6.45) is 1.50. The van der Waals surface area contributed by atoms with Crippen LogP contribution < -0.4 is 10.9 Å². The van der Waals surface area contributed by atoms with Crippen molar-refractivity contribution in [1.29, 1.82) is 0 Å². The zero-order valence-electron chi connectivity index (χ0n) is 9.33. The van der Waals surface area contributed by atoms with Gasteiger partial charge in [0.15, 0.2) is 0 Å². The average Bonchev–Trinajstić information content (AvgIpc) is 2.31. The molecule has 0 aliphatic rings. The Morgan fingerprint density at radius 1 is 1.35 bits per heavy atom. The standard InChI is InChI=1S/C12H12FN3O/c1-14-7-11-15-6-10(12(17)16-11)8-2-4-9(13)5-3-8/h2-6,14H,7H2,1H3,(H,15,16,17). The van der Waals surface area contributed by atoms with Gasteiger partial charge in [-0.1, -0.05) is 12.1 Å². The first-order valence-corrected chi connectivity index (χ1v) is 5.19. The van der Waals surface area contributed by atoms with Crippen molar-refractivity contribution in [2.24, 2.45) is 0 Å². The van der Waals surface area contributed by atoms with E-state index in [1.54, 1.807) is 19.2 Å². The van der Waals surface area contributed by atoms with Crippen molar-refractivity contribution >= 4 is 0 Å². The molecule has 0 fully saturated rings. The first-order valence-electron chi connectivity index (χ1n) is 5.19. The fraction of sp³-hybridized carbons (Fsp3) is 0.167. The molecule has 0 amide bonds. The van der Waals surface area contributed by atoms with Crippen LogP contribution in [0.1, 0.15) is 5.82 Å². The number of aromatic nitrogens is 2. The molecule has 0 spiro atoms. The number of nitrogens with zero attached hydrogens (tertiary/aromatic N) is 1. The van der Waals surface area contributed by atoms with E-state index in [-0.39, 0.29) is 11.4 Å². The van der Waals surface area contributed by atoms with Gasteiger partial charge < -0.3 is 10.3 Å². The molecule has 0 unspecified atom stereocenters. The Kier molecular flexibility index (Phi) is 3.30. The van der Waals surface area contributed by atoms with Crippen LogP contribution in [0, 0.1) is 5.82 Å². The van der Waals surface area contributed by atoms with Gasteiger partial charge in [-0.3, -0.25) is 4.79 Å². The van der Waals surface area contributed by atoms with Crippen LogP contribution in [0.2, 0.25) is 0 Å². The Balaban J connectivity index is 2.40. The van der Waals surface area contributed by atoms with Crippen LogP contribution in [0.4, 0.5) is 4.39 Å². The molecular weight excluding hydrogens is 221 g/mol. The molecule has 0 aliphatic heterocycles. The average molecular weight is 233 g/mol. The van der Waals surface area contributed by atoms with E-state index in [2.05, 4.69) is 15.3 Å². The molecule has 4 nitrogen and oxygen atoms in total. The maximum Gasteiger partial charge on any atom is 0.258 e. The van der Waals surface area contributed by atoms with Crippen LogP contribution >= 0.6 is 0 Å². The van der Waals surface area contributed by atoms with Gasteiger partial charge in [-0.2, -0.15) is 0 Å². The van der Waals surface area contributed by atoms with Gasteiger partial charge in [0.2, 0.25) is 0 Å². The van der Waals surface area contributed by atoms with Crippen molar-refractivity contribution in [3.63, 3.8) is 0 Å². The lowest BCUT2D eigenvalue weighted by molar-refractivity contribution is 0.628. The zero-order chi connectivity index (χ0) is 12.3. The number of H-pyrrole nitrogens is 1. The van der Waals surface area contributed by atoms with Crippen LogP contribution in [0.25, 0.3) is 11.1 Å². The highest BCUT2D eigenvalue weighted by molar-refractivity contribution is 5.61. The maximum absolute atomic E-state index is 12.8. The second-order valence-electron chi connectivity index (χ2n) is 3.61. The molecule has 88 valence electrons. The third-order valence-corrected chi connectivity index (χ3v) is 2.35. The second kappa shape index (κ2) is 4.88. The lowest BCUT2D eigenvalue weighted by Crippen LogP contribution is -2.17. The molecule has 0 atom stereocenters. The summed E-state index contributed by atoms with van der Waals surface area (Å²) in [4.78, 5) is 18.6. The molecule has 0 saturated carbocycles. The molecule has 17 heavy (non-hydrogen) atoms. The van der Waals surface area contributed by atoms with Gasteiger partial charge in [0, 0.05) is 6.20 Å². The van der Waals surface area contributed by atoms with Crippen LogP contribution in [-0.4, -0.2) is 17.0 Å². The van der Waals surface area contributed by atoms with Crippen molar-refractivity contribution in [3.8, 4) is 11.1 Å². The summed E-state index contributed by atoms with van der Waals surface area (Å²) < 4.78 is 12.8. The van der Waals surface area contributed by atoms with E-state index in [0.717, 1.165) is 0 Å². The van der Waals surface area contributed by atoms with Crippen LogP contribution in [0.5, 0.6) is 0 Å². The van der Waals surface area contributed by atoms with Gasteiger partial charge in [-0.05, 0) is 24.7 Å². The highest BCUT2D eigenvalue weighted by Crippen LogP contribution is 2.14. The van der Waals surface area contributed by atoms with E-state index in [1.165, 1.54) is 18.3 Å². The molecule has 1 heterocycles. The monoisotopic (exact) mass is 233 g/mol. The maximum atomic E-state index is 12.8. The fourth-order valence-electron chi connectivity index (χ4n) is 1.52. The molecule has 1 aromatic heterocycles. The predicted octanol–water partition coefficient (Wildman–Crippen LogP) is 1.30. The number of aromatic amines is 1. The second-order valence-corrected chi connectivity index (χ2v) is 3.61.